The first-order valence-corrected chi connectivity index (χ1v) is 8.06. The van der Waals surface area contributed by atoms with Gasteiger partial charge in [-0.1, -0.05) is 18.2 Å². The maximum atomic E-state index is 9.70. The fraction of sp³-hybridized carbons (Fsp3) is 0.500. The third-order valence-electron chi connectivity index (χ3n) is 4.45. The molecule has 128 valence electrons. The zero-order valence-corrected chi connectivity index (χ0v) is 14.7. The van der Waals surface area contributed by atoms with E-state index >= 15 is 0 Å². The van der Waals surface area contributed by atoms with Gasteiger partial charge in [0.05, 0.1) is 30.3 Å². The van der Waals surface area contributed by atoms with Gasteiger partial charge in [-0.3, -0.25) is 0 Å². The van der Waals surface area contributed by atoms with Crippen molar-refractivity contribution in [3.63, 3.8) is 0 Å². The van der Waals surface area contributed by atoms with Crippen LogP contribution in [0.1, 0.15) is 39.7 Å². The van der Waals surface area contributed by atoms with Crippen molar-refractivity contribution in [2.75, 3.05) is 13.2 Å². The molecule has 0 amide bonds. The van der Waals surface area contributed by atoms with Crippen molar-refractivity contribution in [2.24, 2.45) is 0 Å². The van der Waals surface area contributed by atoms with E-state index in [1.165, 1.54) is 0 Å². The van der Waals surface area contributed by atoms with Gasteiger partial charge in [-0.2, -0.15) is 5.26 Å². The average molecular weight is 329 g/mol. The third kappa shape index (κ3) is 4.18. The highest BCUT2D eigenvalue weighted by Gasteiger charge is 2.52. The highest BCUT2D eigenvalue weighted by Crippen LogP contribution is 2.38. The molecule has 0 saturated carbocycles. The van der Waals surface area contributed by atoms with Crippen LogP contribution in [-0.2, 0) is 9.31 Å². The fourth-order valence-corrected chi connectivity index (χ4v) is 2.27. The van der Waals surface area contributed by atoms with Gasteiger partial charge in [-0.15, -0.1) is 0 Å². The minimum absolute atomic E-state index is 0.142. The number of aliphatic hydroxyl groups is 1. The predicted molar refractivity (Wildman–Crippen MR) is 93.3 cm³/mol. The van der Waals surface area contributed by atoms with E-state index in [-0.39, 0.29) is 6.61 Å². The molecule has 1 aliphatic rings. The van der Waals surface area contributed by atoms with Crippen molar-refractivity contribution in [3.8, 4) is 11.8 Å². The smallest absolute Gasteiger partial charge is 0.492 e. The Kier molecular flexibility index (Phi) is 5.71. The second-order valence-corrected chi connectivity index (χ2v) is 6.79. The molecule has 1 saturated heterocycles. The van der Waals surface area contributed by atoms with Crippen molar-refractivity contribution in [2.45, 2.75) is 45.3 Å². The molecular formula is C18H24BNO4. The number of nitrogens with zero attached hydrogens (tertiary/aromatic N) is 1. The standard InChI is InChI=1S/C18H24BNO4/c1-17(2)18(3,4)24-19(23-17)15(13-21)12-14-6-8-16(9-7-14)22-11-5-10-20/h6-9,12,21H,5,11,13H2,1-4H3. The summed E-state index contributed by atoms with van der Waals surface area (Å²) in [5, 5.41) is 18.2. The molecule has 0 atom stereocenters. The van der Waals surface area contributed by atoms with E-state index in [4.69, 9.17) is 19.3 Å². The number of nitriles is 1. The number of hydrogen-bond acceptors (Lipinski definition) is 5. The average Bonchev–Trinajstić information content (AvgIpc) is 2.74. The Bertz CT molecular complexity index is 615. The zero-order valence-electron chi connectivity index (χ0n) is 14.7. The molecule has 1 aliphatic heterocycles. The van der Waals surface area contributed by atoms with E-state index in [9.17, 15) is 5.11 Å². The lowest BCUT2D eigenvalue weighted by atomic mass is 9.77. The molecule has 0 unspecified atom stereocenters. The molecule has 0 aromatic heterocycles. The first-order valence-electron chi connectivity index (χ1n) is 8.06. The molecule has 0 radical (unpaired) electrons. The maximum Gasteiger partial charge on any atom is 0.492 e. The Morgan fingerprint density at radius 1 is 1.21 bits per heavy atom. The fourth-order valence-electron chi connectivity index (χ4n) is 2.27. The van der Waals surface area contributed by atoms with E-state index in [1.807, 2.05) is 64.1 Å². The van der Waals surface area contributed by atoms with Crippen LogP contribution in [0.2, 0.25) is 0 Å². The normalized spacial score (nSPS) is 19.2. The van der Waals surface area contributed by atoms with Crippen LogP contribution in [0.4, 0.5) is 0 Å². The van der Waals surface area contributed by atoms with Gasteiger partial charge in [0.2, 0.25) is 0 Å². The zero-order chi connectivity index (χ0) is 17.8. The molecule has 1 N–H and O–H groups in total. The van der Waals surface area contributed by atoms with Crippen molar-refractivity contribution in [1.29, 1.82) is 5.26 Å². The Balaban J connectivity index is 2.10. The van der Waals surface area contributed by atoms with Crippen LogP contribution in [0.25, 0.3) is 6.08 Å². The molecule has 0 spiro atoms. The highest BCUT2D eigenvalue weighted by atomic mass is 16.7. The maximum absolute atomic E-state index is 9.70. The van der Waals surface area contributed by atoms with Crippen molar-refractivity contribution in [3.05, 3.63) is 35.3 Å². The van der Waals surface area contributed by atoms with Gasteiger partial charge >= 0.3 is 7.12 Å². The van der Waals surface area contributed by atoms with E-state index in [0.29, 0.717) is 24.2 Å². The number of ether oxygens (including phenoxy) is 1. The number of hydrogen-bond donors (Lipinski definition) is 1. The molecule has 0 bridgehead atoms. The van der Waals surface area contributed by atoms with Gasteiger partial charge in [0.15, 0.2) is 0 Å². The van der Waals surface area contributed by atoms with Crippen LogP contribution < -0.4 is 4.74 Å². The Labute approximate surface area is 144 Å². The molecule has 1 aromatic rings. The first kappa shape index (κ1) is 18.5. The predicted octanol–water partition coefficient (Wildman–Crippen LogP) is 2.99. The van der Waals surface area contributed by atoms with Crippen molar-refractivity contribution < 1.29 is 19.2 Å². The summed E-state index contributed by atoms with van der Waals surface area (Å²) < 4.78 is 17.4. The highest BCUT2D eigenvalue weighted by molar-refractivity contribution is 6.55. The van der Waals surface area contributed by atoms with Crippen LogP contribution in [-0.4, -0.2) is 36.6 Å². The van der Waals surface area contributed by atoms with E-state index in [0.717, 1.165) is 5.56 Å². The minimum Gasteiger partial charge on any atom is -0.493 e. The monoisotopic (exact) mass is 329 g/mol. The van der Waals surface area contributed by atoms with Gasteiger partial charge < -0.3 is 19.2 Å². The first-order chi connectivity index (χ1) is 11.3. The number of rotatable bonds is 6. The molecule has 1 aromatic carbocycles. The summed E-state index contributed by atoms with van der Waals surface area (Å²) in [6.45, 7) is 8.16. The summed E-state index contributed by atoms with van der Waals surface area (Å²) in [5.41, 5.74) is 0.711. The number of aliphatic hydroxyl groups excluding tert-OH is 1. The third-order valence-corrected chi connectivity index (χ3v) is 4.45. The lowest BCUT2D eigenvalue weighted by Gasteiger charge is -2.32. The summed E-state index contributed by atoms with van der Waals surface area (Å²) in [4.78, 5) is 0. The van der Waals surface area contributed by atoms with Crippen LogP contribution in [0.15, 0.2) is 29.7 Å². The molecule has 1 fully saturated rings. The van der Waals surface area contributed by atoms with E-state index in [2.05, 4.69) is 0 Å². The number of benzene rings is 1. The van der Waals surface area contributed by atoms with E-state index < -0.39 is 18.3 Å². The summed E-state index contributed by atoms with van der Waals surface area (Å²) in [7, 11) is -0.563. The Morgan fingerprint density at radius 2 is 1.79 bits per heavy atom. The quantitative estimate of drug-likeness (QED) is 0.642. The van der Waals surface area contributed by atoms with Gasteiger partial charge in [0, 0.05) is 0 Å². The molecular weight excluding hydrogens is 305 g/mol. The molecule has 6 heteroatoms. The van der Waals surface area contributed by atoms with Gasteiger partial charge in [-0.05, 0) is 50.9 Å². The molecule has 0 aliphatic carbocycles. The van der Waals surface area contributed by atoms with Crippen LogP contribution in [0.3, 0.4) is 0 Å². The van der Waals surface area contributed by atoms with Gasteiger partial charge in [-0.25, -0.2) is 0 Å². The SMILES string of the molecule is CC1(C)OB(C(=Cc2ccc(OCCC#N)cc2)CO)OC1(C)C. The molecule has 1 heterocycles. The summed E-state index contributed by atoms with van der Waals surface area (Å²) in [5.74, 6) is 0.712. The summed E-state index contributed by atoms with van der Waals surface area (Å²) in [6, 6.07) is 9.49. The topological polar surface area (TPSA) is 71.7 Å². The summed E-state index contributed by atoms with van der Waals surface area (Å²) in [6.07, 6.45) is 2.22. The van der Waals surface area contributed by atoms with Crippen LogP contribution in [0, 0.1) is 11.3 Å². The molecule has 24 heavy (non-hydrogen) atoms. The van der Waals surface area contributed by atoms with Crippen molar-refractivity contribution in [1.82, 2.24) is 0 Å². The minimum atomic E-state index is -0.563. The van der Waals surface area contributed by atoms with Crippen molar-refractivity contribution >= 4 is 13.2 Å². The second-order valence-electron chi connectivity index (χ2n) is 6.79. The lowest BCUT2D eigenvalue weighted by Crippen LogP contribution is -2.41. The van der Waals surface area contributed by atoms with Gasteiger partial charge in [0.25, 0.3) is 0 Å². The Hall–Kier alpha value is -1.81. The van der Waals surface area contributed by atoms with Crippen LogP contribution >= 0.6 is 0 Å². The second kappa shape index (κ2) is 7.39. The Morgan fingerprint density at radius 3 is 2.29 bits per heavy atom. The molecule has 2 rings (SSSR count). The van der Waals surface area contributed by atoms with Gasteiger partial charge in [0.1, 0.15) is 12.4 Å². The largest absolute Gasteiger partial charge is 0.493 e. The van der Waals surface area contributed by atoms with E-state index in [1.54, 1.807) is 0 Å². The van der Waals surface area contributed by atoms with Crippen LogP contribution in [0.5, 0.6) is 5.75 Å². The summed E-state index contributed by atoms with van der Waals surface area (Å²) >= 11 is 0. The lowest BCUT2D eigenvalue weighted by molar-refractivity contribution is 0.00578. The molecule has 5 nitrogen and oxygen atoms in total.